The number of thiazole rings is 1. The maximum absolute atomic E-state index is 12.8. The highest BCUT2D eigenvalue weighted by Crippen LogP contribution is 2.32. The van der Waals surface area contributed by atoms with Gasteiger partial charge in [0.2, 0.25) is 0 Å². The van der Waals surface area contributed by atoms with Gasteiger partial charge in [0.15, 0.2) is 0 Å². The van der Waals surface area contributed by atoms with E-state index < -0.39 is 0 Å². The minimum Gasteiger partial charge on any atom is -0.491 e. The summed E-state index contributed by atoms with van der Waals surface area (Å²) in [6.45, 7) is 10.4. The molecule has 0 saturated heterocycles. The fourth-order valence-electron chi connectivity index (χ4n) is 2.66. The molecule has 0 spiro atoms. The lowest BCUT2D eigenvalue weighted by molar-refractivity contribution is 0.0949. The molecule has 0 fully saturated rings. The topological polar surface area (TPSA) is 77.0 Å². The lowest BCUT2D eigenvalue weighted by Gasteiger charge is -2.13. The van der Waals surface area contributed by atoms with Gasteiger partial charge in [-0.2, -0.15) is 0 Å². The molecule has 0 unspecified atom stereocenters. The van der Waals surface area contributed by atoms with Crippen LogP contribution in [0.2, 0.25) is 0 Å². The van der Waals surface area contributed by atoms with Crippen LogP contribution in [0.1, 0.15) is 60.2 Å². The summed E-state index contributed by atoms with van der Waals surface area (Å²) < 4.78 is 5.87. The molecule has 0 radical (unpaired) electrons. The second kappa shape index (κ2) is 9.13. The highest BCUT2D eigenvalue weighted by Gasteiger charge is 2.14. The van der Waals surface area contributed by atoms with E-state index in [2.05, 4.69) is 34.1 Å². The van der Waals surface area contributed by atoms with Crippen molar-refractivity contribution in [2.75, 3.05) is 0 Å². The molecule has 0 aliphatic carbocycles. The Morgan fingerprint density at radius 2 is 1.86 bits per heavy atom. The van der Waals surface area contributed by atoms with Gasteiger partial charge in [0.25, 0.3) is 5.91 Å². The Labute approximate surface area is 175 Å². The molecule has 29 heavy (non-hydrogen) atoms. The Morgan fingerprint density at radius 3 is 2.48 bits per heavy atom. The zero-order valence-corrected chi connectivity index (χ0v) is 18.2. The van der Waals surface area contributed by atoms with Crippen molar-refractivity contribution in [3.63, 3.8) is 0 Å². The minimum absolute atomic E-state index is 0.00603. The Balaban J connectivity index is 1.85. The van der Waals surface area contributed by atoms with E-state index in [0.29, 0.717) is 29.5 Å². The number of benzene rings is 1. The van der Waals surface area contributed by atoms with Crippen molar-refractivity contribution in [2.45, 2.75) is 53.2 Å². The highest BCUT2D eigenvalue weighted by molar-refractivity contribution is 7.15. The Kier molecular flexibility index (Phi) is 6.59. The summed E-state index contributed by atoms with van der Waals surface area (Å²) >= 11 is 1.64. The zero-order chi connectivity index (χ0) is 21.0. The van der Waals surface area contributed by atoms with Crippen molar-refractivity contribution < 1.29 is 9.53 Å². The predicted octanol–water partition coefficient (Wildman–Crippen LogP) is 4.75. The summed E-state index contributed by atoms with van der Waals surface area (Å²) in [5.74, 6) is 0.872. The molecule has 2 heterocycles. The lowest BCUT2D eigenvalue weighted by Crippen LogP contribution is -2.23. The summed E-state index contributed by atoms with van der Waals surface area (Å²) in [4.78, 5) is 27.0. The van der Waals surface area contributed by atoms with Crippen molar-refractivity contribution in [3.05, 3.63) is 58.6 Å². The number of hydrogen-bond acceptors (Lipinski definition) is 6. The van der Waals surface area contributed by atoms with Gasteiger partial charge in [-0.05, 0) is 44.9 Å². The molecule has 6 nitrogen and oxygen atoms in total. The van der Waals surface area contributed by atoms with Crippen LogP contribution in [0.5, 0.6) is 5.75 Å². The fourth-order valence-corrected chi connectivity index (χ4v) is 3.57. The number of aromatic nitrogens is 3. The summed E-state index contributed by atoms with van der Waals surface area (Å²) in [7, 11) is 0. The second-order valence-electron chi connectivity index (χ2n) is 7.47. The summed E-state index contributed by atoms with van der Waals surface area (Å²) in [6.07, 6.45) is 5.26. The summed E-state index contributed by atoms with van der Waals surface area (Å²) in [6, 6.07) is 5.55. The number of carbonyl (C=O) groups excluding carboxylic acids is 1. The Bertz CT molecular complexity index is 981. The van der Waals surface area contributed by atoms with E-state index >= 15 is 0 Å². The monoisotopic (exact) mass is 410 g/mol. The number of nitrogens with zero attached hydrogens (tertiary/aromatic N) is 3. The first-order valence-corrected chi connectivity index (χ1v) is 10.5. The van der Waals surface area contributed by atoms with Crippen molar-refractivity contribution >= 4 is 17.2 Å². The van der Waals surface area contributed by atoms with Gasteiger partial charge in [-0.3, -0.25) is 14.8 Å². The first-order valence-electron chi connectivity index (χ1n) is 9.65. The number of nitrogens with one attached hydrogen (secondary N) is 1. The van der Waals surface area contributed by atoms with E-state index in [1.165, 1.54) is 4.88 Å². The molecular weight excluding hydrogens is 384 g/mol. The van der Waals surface area contributed by atoms with Crippen molar-refractivity contribution in [3.8, 4) is 16.3 Å². The van der Waals surface area contributed by atoms with Gasteiger partial charge in [0.05, 0.1) is 30.2 Å². The van der Waals surface area contributed by atoms with Crippen molar-refractivity contribution in [2.24, 2.45) is 0 Å². The number of carbonyl (C=O) groups is 1. The van der Waals surface area contributed by atoms with Gasteiger partial charge in [0.1, 0.15) is 10.8 Å². The van der Waals surface area contributed by atoms with Crippen molar-refractivity contribution in [1.29, 1.82) is 0 Å². The largest absolute Gasteiger partial charge is 0.491 e. The molecule has 0 atom stereocenters. The third-order valence-electron chi connectivity index (χ3n) is 4.14. The zero-order valence-electron chi connectivity index (χ0n) is 17.4. The van der Waals surface area contributed by atoms with Gasteiger partial charge in [0, 0.05) is 28.4 Å². The first-order chi connectivity index (χ1) is 13.8. The molecule has 0 aliphatic heterocycles. The van der Waals surface area contributed by atoms with Crippen LogP contribution in [-0.2, 0) is 6.54 Å². The number of hydrogen-bond donors (Lipinski definition) is 1. The smallest absolute Gasteiger partial charge is 0.251 e. The third kappa shape index (κ3) is 5.60. The van der Waals surface area contributed by atoms with E-state index in [-0.39, 0.29) is 12.0 Å². The predicted molar refractivity (Wildman–Crippen MR) is 115 cm³/mol. The average Bonchev–Trinajstić information content (AvgIpc) is 3.17. The average molecular weight is 411 g/mol. The molecule has 3 aromatic rings. The van der Waals surface area contributed by atoms with Crippen LogP contribution in [0.3, 0.4) is 0 Å². The van der Waals surface area contributed by atoms with E-state index in [9.17, 15) is 4.79 Å². The minimum atomic E-state index is -0.191. The molecule has 1 amide bonds. The second-order valence-corrected chi connectivity index (χ2v) is 8.53. The van der Waals surface area contributed by atoms with Gasteiger partial charge in [-0.25, -0.2) is 4.98 Å². The van der Waals surface area contributed by atoms with E-state index in [4.69, 9.17) is 4.74 Å². The normalized spacial score (nSPS) is 11.1. The molecule has 0 saturated carbocycles. The molecule has 0 bridgehead atoms. The van der Waals surface area contributed by atoms with Crippen LogP contribution in [0.4, 0.5) is 0 Å². The molecule has 1 aromatic carbocycles. The highest BCUT2D eigenvalue weighted by atomic mass is 32.1. The molecule has 1 N–H and O–H groups in total. The maximum Gasteiger partial charge on any atom is 0.251 e. The molecule has 3 rings (SSSR count). The maximum atomic E-state index is 12.8. The SMILES string of the molecule is Cc1cnc(CNC(=O)c2cc(OC(C)C)cc(-c3ncc(C(C)C)s3)c2)cn1. The standard InChI is InChI=1S/C22H26N4O2S/c1-13(2)20-12-26-22(29-20)17-6-16(7-19(8-17)28-14(3)4)21(27)25-11-18-10-23-15(5)9-24-18/h6-10,12-14H,11H2,1-5H3,(H,25,27). The molecular formula is C22H26N4O2S. The molecule has 7 heteroatoms. The van der Waals surface area contributed by atoms with Crippen molar-refractivity contribution in [1.82, 2.24) is 20.3 Å². The molecule has 0 aliphatic rings. The van der Waals surface area contributed by atoms with E-state index in [0.717, 1.165) is 16.3 Å². The number of aryl methyl sites for hydroxylation is 1. The van der Waals surface area contributed by atoms with Gasteiger partial charge in [-0.1, -0.05) is 13.8 Å². The summed E-state index contributed by atoms with van der Waals surface area (Å²) in [5, 5.41) is 3.78. The first kappa shape index (κ1) is 20.9. The van der Waals surface area contributed by atoms with Crippen LogP contribution in [0, 0.1) is 6.92 Å². The Hall–Kier alpha value is -2.80. The van der Waals surface area contributed by atoms with Gasteiger partial charge >= 0.3 is 0 Å². The lowest BCUT2D eigenvalue weighted by atomic mass is 10.1. The van der Waals surface area contributed by atoms with Gasteiger partial charge in [-0.15, -0.1) is 11.3 Å². The quantitative estimate of drug-likeness (QED) is 0.608. The van der Waals surface area contributed by atoms with Crippen LogP contribution < -0.4 is 10.1 Å². The third-order valence-corrected chi connectivity index (χ3v) is 5.49. The van der Waals surface area contributed by atoms with Gasteiger partial charge < -0.3 is 10.1 Å². The fraction of sp³-hybridized carbons (Fsp3) is 0.364. The Morgan fingerprint density at radius 1 is 1.07 bits per heavy atom. The van der Waals surface area contributed by atoms with E-state index in [1.807, 2.05) is 39.1 Å². The number of rotatable bonds is 7. The van der Waals surface area contributed by atoms with Crippen LogP contribution in [0.25, 0.3) is 10.6 Å². The van der Waals surface area contributed by atoms with Crippen LogP contribution in [0.15, 0.2) is 36.8 Å². The number of ether oxygens (including phenoxy) is 1. The molecule has 152 valence electrons. The number of amides is 1. The van der Waals surface area contributed by atoms with Crippen LogP contribution >= 0.6 is 11.3 Å². The van der Waals surface area contributed by atoms with Crippen LogP contribution in [-0.4, -0.2) is 27.0 Å². The summed E-state index contributed by atoms with van der Waals surface area (Å²) in [5.41, 5.74) is 2.95. The van der Waals surface area contributed by atoms with E-state index in [1.54, 1.807) is 29.8 Å². The molecule has 2 aromatic heterocycles.